The van der Waals surface area contributed by atoms with E-state index in [0.717, 1.165) is 23.4 Å². The Labute approximate surface area is 131 Å². The molecule has 0 amide bonds. The van der Waals surface area contributed by atoms with Gasteiger partial charge in [0.25, 0.3) is 0 Å². The van der Waals surface area contributed by atoms with Gasteiger partial charge in [0.1, 0.15) is 5.82 Å². The molecule has 0 aliphatic rings. The zero-order valence-electron chi connectivity index (χ0n) is 12.8. The number of hydrogen-bond acceptors (Lipinski definition) is 2. The minimum absolute atomic E-state index is 0.0325. The molecule has 1 N–H and O–H groups in total. The fourth-order valence-corrected chi connectivity index (χ4v) is 3.15. The number of thioether (sulfide) groups is 1. The molecule has 0 radical (unpaired) electrons. The Kier molecular flexibility index (Phi) is 5.83. The predicted molar refractivity (Wildman–Crippen MR) is 89.5 cm³/mol. The van der Waals surface area contributed by atoms with Crippen LogP contribution < -0.4 is 5.32 Å². The van der Waals surface area contributed by atoms with Crippen molar-refractivity contribution in [1.29, 1.82) is 0 Å². The van der Waals surface area contributed by atoms with Crippen molar-refractivity contribution in [2.75, 3.05) is 12.3 Å². The van der Waals surface area contributed by atoms with Crippen molar-refractivity contribution in [3.8, 4) is 0 Å². The quantitative estimate of drug-likeness (QED) is 0.758. The smallest absolute Gasteiger partial charge is 0.123 e. The van der Waals surface area contributed by atoms with E-state index in [1.165, 1.54) is 10.5 Å². The van der Waals surface area contributed by atoms with Gasteiger partial charge in [-0.1, -0.05) is 32.0 Å². The lowest BCUT2D eigenvalue weighted by Gasteiger charge is -2.20. The molecular weight excluding hydrogens is 281 g/mol. The van der Waals surface area contributed by atoms with Gasteiger partial charge in [-0.25, -0.2) is 4.39 Å². The fourth-order valence-electron chi connectivity index (χ4n) is 2.49. The molecule has 1 unspecified atom stereocenters. The zero-order chi connectivity index (χ0) is 15.2. The van der Waals surface area contributed by atoms with Gasteiger partial charge in [-0.05, 0) is 60.2 Å². The normalized spacial score (nSPS) is 12.4. The third kappa shape index (κ3) is 4.32. The first-order valence-corrected chi connectivity index (χ1v) is 8.35. The van der Waals surface area contributed by atoms with E-state index in [2.05, 4.69) is 43.4 Å². The molecule has 0 heterocycles. The highest BCUT2D eigenvalue weighted by atomic mass is 32.2. The summed E-state index contributed by atoms with van der Waals surface area (Å²) >= 11 is 1.83. The van der Waals surface area contributed by atoms with Crippen LogP contribution in [0.25, 0.3) is 0 Å². The lowest BCUT2D eigenvalue weighted by atomic mass is 9.97. The summed E-state index contributed by atoms with van der Waals surface area (Å²) in [5.74, 6) is 0.894. The lowest BCUT2D eigenvalue weighted by Crippen LogP contribution is -2.22. The molecule has 0 aromatic heterocycles. The Bertz CT molecular complexity index is 560. The van der Waals surface area contributed by atoms with Crippen molar-refractivity contribution >= 4 is 11.8 Å². The fraction of sp³-hybridized carbons (Fsp3) is 0.333. The third-order valence-corrected chi connectivity index (χ3v) is 4.22. The molecule has 0 fully saturated rings. The van der Waals surface area contributed by atoms with Crippen LogP contribution in [0.4, 0.5) is 4.39 Å². The maximum atomic E-state index is 13.7. The topological polar surface area (TPSA) is 12.0 Å². The van der Waals surface area contributed by atoms with E-state index in [0.29, 0.717) is 0 Å². The van der Waals surface area contributed by atoms with Crippen LogP contribution in [0.1, 0.15) is 36.6 Å². The Morgan fingerprint density at radius 3 is 2.33 bits per heavy atom. The van der Waals surface area contributed by atoms with Gasteiger partial charge in [0.2, 0.25) is 0 Å². The van der Waals surface area contributed by atoms with Gasteiger partial charge in [-0.3, -0.25) is 0 Å². The minimum atomic E-state index is -0.175. The number of nitrogens with one attached hydrogen (secondary N) is 1. The van der Waals surface area contributed by atoms with Crippen molar-refractivity contribution < 1.29 is 4.39 Å². The lowest BCUT2D eigenvalue weighted by molar-refractivity contribution is 0.601. The molecule has 0 aliphatic heterocycles. The van der Waals surface area contributed by atoms with Crippen LogP contribution in [-0.4, -0.2) is 12.3 Å². The highest BCUT2D eigenvalue weighted by Crippen LogP contribution is 2.26. The molecule has 21 heavy (non-hydrogen) atoms. The van der Waals surface area contributed by atoms with E-state index < -0.39 is 0 Å². The average molecular weight is 303 g/mol. The molecule has 2 rings (SSSR count). The Balaban J connectivity index is 2.33. The van der Waals surface area contributed by atoms with E-state index in [1.807, 2.05) is 24.8 Å². The predicted octanol–water partition coefficient (Wildman–Crippen LogP) is 4.95. The van der Waals surface area contributed by atoms with E-state index in [1.54, 1.807) is 12.1 Å². The number of benzene rings is 2. The largest absolute Gasteiger partial charge is 0.307 e. The number of hydrogen-bond donors (Lipinski definition) is 1. The highest BCUT2D eigenvalue weighted by molar-refractivity contribution is 7.99. The van der Waals surface area contributed by atoms with Crippen LogP contribution in [0.2, 0.25) is 0 Å². The van der Waals surface area contributed by atoms with Crippen molar-refractivity contribution in [1.82, 2.24) is 5.32 Å². The molecule has 1 nitrogen and oxygen atoms in total. The summed E-state index contributed by atoms with van der Waals surface area (Å²) in [5, 5.41) is 3.45. The molecule has 3 heteroatoms. The summed E-state index contributed by atoms with van der Waals surface area (Å²) in [7, 11) is 0. The summed E-state index contributed by atoms with van der Waals surface area (Å²) in [6.45, 7) is 6.98. The highest BCUT2D eigenvalue weighted by Gasteiger charge is 2.14. The molecule has 112 valence electrons. The van der Waals surface area contributed by atoms with Crippen LogP contribution in [0.15, 0.2) is 47.4 Å². The van der Waals surface area contributed by atoms with Crippen LogP contribution in [0, 0.1) is 12.7 Å². The standard InChI is InChI=1S/C18H22FNS/c1-4-20-18(15-10-13(3)11-16(19)12-15)14-6-8-17(9-7-14)21-5-2/h6-12,18,20H,4-5H2,1-3H3. The monoisotopic (exact) mass is 303 g/mol. The van der Waals surface area contributed by atoms with Gasteiger partial charge in [-0.2, -0.15) is 0 Å². The van der Waals surface area contributed by atoms with E-state index in [9.17, 15) is 4.39 Å². The second kappa shape index (κ2) is 7.62. The maximum Gasteiger partial charge on any atom is 0.123 e. The van der Waals surface area contributed by atoms with Gasteiger partial charge in [0, 0.05) is 4.90 Å². The number of halogens is 1. The van der Waals surface area contributed by atoms with E-state index in [-0.39, 0.29) is 11.9 Å². The van der Waals surface area contributed by atoms with Crippen LogP contribution in [0.3, 0.4) is 0 Å². The van der Waals surface area contributed by atoms with Crippen molar-refractivity contribution in [3.05, 3.63) is 65.0 Å². The second-order valence-corrected chi connectivity index (χ2v) is 6.39. The molecule has 0 saturated heterocycles. The van der Waals surface area contributed by atoms with E-state index in [4.69, 9.17) is 0 Å². The van der Waals surface area contributed by atoms with Gasteiger partial charge < -0.3 is 5.32 Å². The SMILES string of the molecule is CCNC(c1ccc(SCC)cc1)c1cc(C)cc(F)c1. The minimum Gasteiger partial charge on any atom is -0.307 e. The van der Waals surface area contributed by atoms with Crippen LogP contribution in [0.5, 0.6) is 0 Å². The number of aryl methyl sites for hydroxylation is 1. The van der Waals surface area contributed by atoms with Crippen LogP contribution in [-0.2, 0) is 0 Å². The van der Waals surface area contributed by atoms with E-state index >= 15 is 0 Å². The molecule has 2 aromatic carbocycles. The summed E-state index contributed by atoms with van der Waals surface area (Å²) in [5.41, 5.74) is 3.10. The van der Waals surface area contributed by atoms with Gasteiger partial charge in [0.15, 0.2) is 0 Å². The van der Waals surface area contributed by atoms with Crippen molar-refractivity contribution in [3.63, 3.8) is 0 Å². The van der Waals surface area contributed by atoms with Gasteiger partial charge >= 0.3 is 0 Å². The summed E-state index contributed by atoms with van der Waals surface area (Å²) in [6.07, 6.45) is 0. The molecule has 0 bridgehead atoms. The third-order valence-electron chi connectivity index (χ3n) is 3.33. The molecule has 1 atom stereocenters. The molecule has 0 spiro atoms. The summed E-state index contributed by atoms with van der Waals surface area (Å²) in [6, 6.07) is 13.8. The first kappa shape index (κ1) is 16.1. The summed E-state index contributed by atoms with van der Waals surface area (Å²) < 4.78 is 13.7. The van der Waals surface area contributed by atoms with Crippen molar-refractivity contribution in [2.45, 2.75) is 31.7 Å². The zero-order valence-corrected chi connectivity index (χ0v) is 13.6. The molecular formula is C18H22FNS. The molecule has 0 saturated carbocycles. The van der Waals surface area contributed by atoms with Gasteiger partial charge in [-0.15, -0.1) is 11.8 Å². The summed E-state index contributed by atoms with van der Waals surface area (Å²) in [4.78, 5) is 1.27. The first-order chi connectivity index (χ1) is 10.1. The van der Waals surface area contributed by atoms with Crippen LogP contribution >= 0.6 is 11.8 Å². The average Bonchev–Trinajstić information content (AvgIpc) is 2.45. The Hall–Kier alpha value is -1.32. The Morgan fingerprint density at radius 2 is 1.76 bits per heavy atom. The van der Waals surface area contributed by atoms with Crippen molar-refractivity contribution in [2.24, 2.45) is 0 Å². The number of rotatable bonds is 6. The first-order valence-electron chi connectivity index (χ1n) is 7.37. The molecule has 2 aromatic rings. The maximum absolute atomic E-state index is 13.7. The van der Waals surface area contributed by atoms with Gasteiger partial charge in [0.05, 0.1) is 6.04 Å². The Morgan fingerprint density at radius 1 is 1.05 bits per heavy atom. The molecule has 0 aliphatic carbocycles. The second-order valence-electron chi connectivity index (χ2n) is 5.05.